The topological polar surface area (TPSA) is 66.4 Å². The molecular weight excluding hydrogens is 218 g/mol. The highest BCUT2D eigenvalue weighted by Gasteiger charge is 2.34. The fourth-order valence-corrected chi connectivity index (χ4v) is 1.95. The van der Waals surface area contributed by atoms with Crippen molar-refractivity contribution in [3.8, 4) is 12.3 Å². The molecule has 1 aliphatic rings. The molecule has 0 spiro atoms. The molecule has 0 aliphatic heterocycles. The van der Waals surface area contributed by atoms with Gasteiger partial charge in [-0.15, -0.1) is 12.3 Å². The number of hydrogen-bond acceptors (Lipinski definition) is 2. The molecule has 0 saturated heterocycles. The maximum Gasteiger partial charge on any atom is 0.307 e. The Morgan fingerprint density at radius 2 is 2.06 bits per heavy atom. The Labute approximate surface area is 101 Å². The average Bonchev–Trinajstić information content (AvgIpc) is 2.29. The highest BCUT2D eigenvalue weighted by atomic mass is 16.4. The zero-order chi connectivity index (χ0) is 12.8. The van der Waals surface area contributed by atoms with E-state index in [0.29, 0.717) is 19.3 Å². The molecule has 1 rings (SSSR count). The first-order valence-corrected chi connectivity index (χ1v) is 5.68. The number of carbonyl (C=O) groups is 2. The molecule has 0 fully saturated rings. The second kappa shape index (κ2) is 6.09. The molecule has 3 unspecified atom stereocenters. The molecule has 0 heterocycles. The van der Waals surface area contributed by atoms with Gasteiger partial charge < -0.3 is 10.4 Å². The van der Waals surface area contributed by atoms with E-state index in [1.165, 1.54) is 0 Å². The summed E-state index contributed by atoms with van der Waals surface area (Å²) in [7, 11) is 0. The van der Waals surface area contributed by atoms with Crippen LogP contribution in [-0.2, 0) is 9.59 Å². The van der Waals surface area contributed by atoms with E-state index in [1.54, 1.807) is 0 Å². The van der Waals surface area contributed by atoms with Crippen molar-refractivity contribution in [2.75, 3.05) is 0 Å². The van der Waals surface area contributed by atoms with Crippen LogP contribution in [0.5, 0.6) is 0 Å². The molecule has 0 bridgehead atoms. The van der Waals surface area contributed by atoms with E-state index in [4.69, 9.17) is 11.5 Å². The van der Waals surface area contributed by atoms with Crippen molar-refractivity contribution in [2.24, 2.45) is 11.8 Å². The molecule has 17 heavy (non-hydrogen) atoms. The zero-order valence-electron chi connectivity index (χ0n) is 9.85. The van der Waals surface area contributed by atoms with Crippen molar-refractivity contribution in [3.63, 3.8) is 0 Å². The van der Waals surface area contributed by atoms with Crippen LogP contribution in [-0.4, -0.2) is 23.0 Å². The number of carbonyl (C=O) groups excluding carboxylic acids is 1. The summed E-state index contributed by atoms with van der Waals surface area (Å²) in [5.74, 6) is 0.214. The third-order valence-corrected chi connectivity index (χ3v) is 2.90. The third kappa shape index (κ3) is 3.63. The summed E-state index contributed by atoms with van der Waals surface area (Å²) >= 11 is 0. The maximum absolute atomic E-state index is 11.9. The Morgan fingerprint density at radius 1 is 1.47 bits per heavy atom. The molecule has 2 N–H and O–H groups in total. The van der Waals surface area contributed by atoms with Gasteiger partial charge in [0, 0.05) is 12.5 Å². The average molecular weight is 235 g/mol. The van der Waals surface area contributed by atoms with Crippen LogP contribution in [0.4, 0.5) is 0 Å². The van der Waals surface area contributed by atoms with Crippen LogP contribution in [0.1, 0.15) is 26.2 Å². The van der Waals surface area contributed by atoms with Crippen molar-refractivity contribution >= 4 is 11.9 Å². The molecule has 0 radical (unpaired) electrons. The highest BCUT2D eigenvalue weighted by molar-refractivity contribution is 5.85. The van der Waals surface area contributed by atoms with E-state index in [1.807, 2.05) is 19.1 Å². The number of rotatable bonds is 4. The van der Waals surface area contributed by atoms with Crippen LogP contribution < -0.4 is 5.32 Å². The summed E-state index contributed by atoms with van der Waals surface area (Å²) in [6.07, 6.45) is 10.2. The molecular formula is C13H17NO3. The van der Waals surface area contributed by atoms with Crippen LogP contribution in [0.15, 0.2) is 12.2 Å². The SMILES string of the molecule is C#CCC(C)NC(=O)C1CC=CCC1C(=O)O. The predicted molar refractivity (Wildman–Crippen MR) is 64.0 cm³/mol. The van der Waals surface area contributed by atoms with E-state index in [9.17, 15) is 9.59 Å². The molecule has 4 heteroatoms. The van der Waals surface area contributed by atoms with Crippen LogP contribution in [0.25, 0.3) is 0 Å². The van der Waals surface area contributed by atoms with Gasteiger partial charge in [0.2, 0.25) is 5.91 Å². The van der Waals surface area contributed by atoms with Gasteiger partial charge in [0.15, 0.2) is 0 Å². The fraction of sp³-hybridized carbons (Fsp3) is 0.538. The summed E-state index contributed by atoms with van der Waals surface area (Å²) in [6.45, 7) is 1.81. The van der Waals surface area contributed by atoms with Gasteiger partial charge in [0.1, 0.15) is 0 Å². The largest absolute Gasteiger partial charge is 0.481 e. The minimum atomic E-state index is -0.917. The minimum Gasteiger partial charge on any atom is -0.481 e. The van der Waals surface area contributed by atoms with Crippen LogP contribution in [0.2, 0.25) is 0 Å². The van der Waals surface area contributed by atoms with E-state index < -0.39 is 17.8 Å². The predicted octanol–water partition coefficient (Wildman–Crippen LogP) is 1.18. The van der Waals surface area contributed by atoms with Crippen molar-refractivity contribution in [1.29, 1.82) is 0 Å². The second-order valence-corrected chi connectivity index (χ2v) is 4.31. The molecule has 0 aromatic rings. The standard InChI is InChI=1S/C13H17NO3/c1-3-6-9(2)14-12(15)10-7-4-5-8-11(10)13(16)17/h1,4-5,9-11H,6-8H2,2H3,(H,14,15)(H,16,17). The smallest absolute Gasteiger partial charge is 0.307 e. The number of amides is 1. The molecule has 1 aliphatic carbocycles. The first kappa shape index (κ1) is 13.3. The Bertz CT molecular complexity index is 367. The van der Waals surface area contributed by atoms with Gasteiger partial charge >= 0.3 is 5.97 Å². The fourth-order valence-electron chi connectivity index (χ4n) is 1.95. The molecule has 4 nitrogen and oxygen atoms in total. The number of nitrogens with one attached hydrogen (secondary N) is 1. The van der Waals surface area contributed by atoms with E-state index in [2.05, 4.69) is 11.2 Å². The molecule has 0 aromatic heterocycles. The lowest BCUT2D eigenvalue weighted by molar-refractivity contribution is -0.147. The van der Waals surface area contributed by atoms with Gasteiger partial charge in [-0.25, -0.2) is 0 Å². The number of carboxylic acid groups (broad SMARTS) is 1. The molecule has 3 atom stereocenters. The van der Waals surface area contributed by atoms with Crippen LogP contribution in [0.3, 0.4) is 0 Å². The number of hydrogen-bond donors (Lipinski definition) is 2. The lowest BCUT2D eigenvalue weighted by Crippen LogP contribution is -2.42. The van der Waals surface area contributed by atoms with Gasteiger partial charge in [0.05, 0.1) is 11.8 Å². The Kier molecular flexibility index (Phi) is 4.77. The number of allylic oxidation sites excluding steroid dienone is 2. The van der Waals surface area contributed by atoms with Crippen LogP contribution >= 0.6 is 0 Å². The number of terminal acetylenes is 1. The maximum atomic E-state index is 11.9. The highest BCUT2D eigenvalue weighted by Crippen LogP contribution is 2.26. The first-order valence-electron chi connectivity index (χ1n) is 5.68. The van der Waals surface area contributed by atoms with Crippen molar-refractivity contribution in [2.45, 2.75) is 32.2 Å². The second-order valence-electron chi connectivity index (χ2n) is 4.31. The molecule has 1 amide bonds. The Balaban J connectivity index is 2.64. The summed E-state index contributed by atoms with van der Waals surface area (Å²) < 4.78 is 0. The van der Waals surface area contributed by atoms with E-state index >= 15 is 0 Å². The lowest BCUT2D eigenvalue weighted by Gasteiger charge is -2.25. The van der Waals surface area contributed by atoms with Crippen molar-refractivity contribution in [3.05, 3.63) is 12.2 Å². The zero-order valence-corrected chi connectivity index (χ0v) is 9.85. The van der Waals surface area contributed by atoms with Gasteiger partial charge in [0.25, 0.3) is 0 Å². The summed E-state index contributed by atoms with van der Waals surface area (Å²) in [4.78, 5) is 23.0. The summed E-state index contributed by atoms with van der Waals surface area (Å²) in [5, 5.41) is 11.8. The Hall–Kier alpha value is -1.76. The Morgan fingerprint density at radius 3 is 2.59 bits per heavy atom. The molecule has 0 saturated carbocycles. The number of carboxylic acids is 1. The first-order chi connectivity index (χ1) is 8.06. The van der Waals surface area contributed by atoms with Crippen molar-refractivity contribution < 1.29 is 14.7 Å². The van der Waals surface area contributed by atoms with Crippen LogP contribution in [0, 0.1) is 24.2 Å². The molecule has 92 valence electrons. The minimum absolute atomic E-state index is 0.118. The monoisotopic (exact) mass is 235 g/mol. The van der Waals surface area contributed by atoms with Gasteiger partial charge in [-0.2, -0.15) is 0 Å². The van der Waals surface area contributed by atoms with Gasteiger partial charge in [-0.3, -0.25) is 9.59 Å². The van der Waals surface area contributed by atoms with Gasteiger partial charge in [-0.1, -0.05) is 12.2 Å². The number of aliphatic carboxylic acids is 1. The molecule has 0 aromatic carbocycles. The third-order valence-electron chi connectivity index (χ3n) is 2.90. The van der Waals surface area contributed by atoms with Gasteiger partial charge in [-0.05, 0) is 19.8 Å². The lowest BCUT2D eigenvalue weighted by atomic mass is 9.82. The van der Waals surface area contributed by atoms with E-state index in [0.717, 1.165) is 0 Å². The van der Waals surface area contributed by atoms with E-state index in [-0.39, 0.29) is 11.9 Å². The summed E-state index contributed by atoms with van der Waals surface area (Å²) in [5.41, 5.74) is 0. The normalized spacial score (nSPS) is 24.7. The summed E-state index contributed by atoms with van der Waals surface area (Å²) in [6, 6.07) is -0.118. The quantitative estimate of drug-likeness (QED) is 0.568. The van der Waals surface area contributed by atoms with Crippen molar-refractivity contribution in [1.82, 2.24) is 5.32 Å².